The average molecular weight is 573 g/mol. The van der Waals surface area contributed by atoms with Gasteiger partial charge in [-0.2, -0.15) is 0 Å². The summed E-state index contributed by atoms with van der Waals surface area (Å²) in [6.45, 7) is 0. The summed E-state index contributed by atoms with van der Waals surface area (Å²) in [6, 6.07) is 0. The molecule has 0 fully saturated rings. The van der Waals surface area contributed by atoms with Gasteiger partial charge in [0.05, 0.1) is 0 Å². The first kappa shape index (κ1) is 36.2. The molecule has 15 heavy (non-hydrogen) atoms. The molecule has 0 unspecified atom stereocenters. The third-order valence-electron chi connectivity index (χ3n) is 0. The molecule has 0 aromatic heterocycles. The molecule has 0 N–H and O–H groups in total. The Morgan fingerprint density at radius 2 is 0.600 bits per heavy atom. The van der Waals surface area contributed by atoms with Crippen LogP contribution in [0.5, 0.6) is 0 Å². The van der Waals surface area contributed by atoms with Crippen LogP contribution in [0.4, 0.5) is 0 Å². The summed E-state index contributed by atoms with van der Waals surface area (Å²) in [4.78, 5) is 0. The normalized spacial score (nSPS) is 7.00. The van der Waals surface area contributed by atoms with Crippen molar-refractivity contribution in [2.45, 2.75) is 0 Å². The van der Waals surface area contributed by atoms with E-state index in [0.717, 1.165) is 0 Å². The molecule has 0 aromatic carbocycles. The molecule has 0 atom stereocenters. The van der Waals surface area contributed by atoms with E-state index in [9.17, 15) is 0 Å². The molecule has 0 saturated carbocycles. The summed E-state index contributed by atoms with van der Waals surface area (Å²) in [5.41, 5.74) is 0. The summed E-state index contributed by atoms with van der Waals surface area (Å²) >= 11 is -9.33. The van der Waals surface area contributed by atoms with Crippen molar-refractivity contribution in [3.63, 3.8) is 0 Å². The molecule has 0 heterocycles. The van der Waals surface area contributed by atoms with Crippen molar-refractivity contribution in [1.29, 1.82) is 0 Å². The maximum absolute atomic E-state index is 8.44. The van der Waals surface area contributed by atoms with Gasteiger partial charge < -0.3 is 27.3 Å². The van der Waals surface area contributed by atoms with Crippen LogP contribution < -0.4 is 0 Å². The van der Waals surface area contributed by atoms with Gasteiger partial charge in [-0.3, -0.25) is 12.6 Å². The monoisotopic (exact) mass is 576 g/mol. The standard InChI is InChI=1S/Ba.Cd.3H2O3S.H4Se/c;;3*1-4(2)3;/h;;3*(H2,1,2,3);1H4/q2*+2;;;;+2/p-6. The zero-order valence-corrected chi connectivity index (χ0v) is 20.9. The summed E-state index contributed by atoms with van der Waals surface area (Å²) in [5.74, 6) is 0. The van der Waals surface area contributed by atoms with Crippen molar-refractivity contribution < 1.29 is 67.2 Å². The van der Waals surface area contributed by atoms with E-state index in [1.165, 1.54) is 0 Å². The van der Waals surface area contributed by atoms with Crippen molar-refractivity contribution >= 4 is 100 Å². The van der Waals surface area contributed by atoms with Crippen LogP contribution in [-0.4, -0.2) is 106 Å². The first-order valence-electron chi connectivity index (χ1n) is 1.50. The first-order valence-corrected chi connectivity index (χ1v) is 4.50. The molecule has 0 aliphatic heterocycles. The van der Waals surface area contributed by atoms with E-state index < -0.39 is 34.1 Å². The van der Waals surface area contributed by atoms with Gasteiger partial charge in [-0.15, -0.1) is 34.1 Å². The SMILES string of the molecule is O=S([O-])[O-].O=S([O-])[O-].O=S([O-])[O-].[Ba+2].[Cd+2].[SeH4+2]. The van der Waals surface area contributed by atoms with Gasteiger partial charge in [0.1, 0.15) is 0 Å². The van der Waals surface area contributed by atoms with Crippen LogP contribution >= 0.6 is 0 Å². The summed E-state index contributed by atoms with van der Waals surface area (Å²) in [7, 11) is 0. The van der Waals surface area contributed by atoms with Gasteiger partial charge in [0, 0.05) is 0 Å². The number of hydrogen-bond donors (Lipinski definition) is 0. The van der Waals surface area contributed by atoms with Gasteiger partial charge in [-0.05, 0) is 0 Å². The molecule has 0 saturated heterocycles. The van der Waals surface area contributed by atoms with Gasteiger partial charge in [-0.1, -0.05) is 0 Å². The van der Waals surface area contributed by atoms with Crippen molar-refractivity contribution in [3.05, 3.63) is 0 Å². The molecular weight excluding hydrogens is 569 g/mol. The molecule has 0 amide bonds. The first-order chi connectivity index (χ1) is 5.20. The molecule has 0 rings (SSSR count). The zero-order valence-electron chi connectivity index (χ0n) is 7.02. The van der Waals surface area contributed by atoms with Crippen molar-refractivity contribution in [2.24, 2.45) is 0 Å². The van der Waals surface area contributed by atoms with Crippen molar-refractivity contribution in [2.75, 3.05) is 0 Å². The predicted octanol–water partition coefficient (Wildman–Crippen LogP) is -4.85. The minimum absolute atomic E-state index is 0. The Kier molecular flexibility index (Phi) is 73.2. The summed E-state index contributed by atoms with van der Waals surface area (Å²) in [5, 5.41) is 0. The van der Waals surface area contributed by atoms with E-state index in [2.05, 4.69) is 0 Å². The fourth-order valence-electron chi connectivity index (χ4n) is 0. The summed E-state index contributed by atoms with van der Waals surface area (Å²) in [6.07, 6.45) is 0. The second kappa shape index (κ2) is 30.3. The fraction of sp³-hybridized carbons (Fsp3) is 0. The van der Waals surface area contributed by atoms with Crippen molar-refractivity contribution in [3.8, 4) is 0 Å². The molecule has 0 aliphatic rings. The van der Waals surface area contributed by atoms with E-state index in [-0.39, 0.29) is 93.2 Å². The Hall–Kier alpha value is 3.22. The average Bonchev–Trinajstić information content (AvgIpc) is 1.54. The second-order valence-electron chi connectivity index (χ2n) is 0.612. The van der Waals surface area contributed by atoms with Gasteiger partial charge in [0.15, 0.2) is 0 Å². The van der Waals surface area contributed by atoms with E-state index >= 15 is 0 Å². The van der Waals surface area contributed by atoms with Gasteiger partial charge in [-0.25, -0.2) is 0 Å². The predicted molar refractivity (Wildman–Crippen MR) is 46.2 cm³/mol. The Labute approximate surface area is 164 Å². The van der Waals surface area contributed by atoms with Crippen LogP contribution in [0.15, 0.2) is 0 Å². The fourth-order valence-corrected chi connectivity index (χ4v) is 0. The van der Waals surface area contributed by atoms with E-state index in [1.807, 2.05) is 0 Å². The molecule has 86 valence electrons. The van der Waals surface area contributed by atoms with E-state index in [1.54, 1.807) is 0 Å². The molecule has 0 spiro atoms. The summed E-state index contributed by atoms with van der Waals surface area (Å²) < 4.78 is 76.0. The van der Waals surface area contributed by atoms with Crippen LogP contribution in [0, 0.1) is 0 Å². The third kappa shape index (κ3) is 384. The van der Waals surface area contributed by atoms with Crippen LogP contribution in [0.1, 0.15) is 0 Å². The minimum atomic E-state index is -3.11. The van der Waals surface area contributed by atoms with Gasteiger partial charge in [0.2, 0.25) is 0 Å². The van der Waals surface area contributed by atoms with E-state index in [4.69, 9.17) is 39.9 Å². The van der Waals surface area contributed by atoms with E-state index in [0.29, 0.717) is 0 Å². The van der Waals surface area contributed by atoms with Crippen LogP contribution in [0.3, 0.4) is 0 Å². The number of hydrogen-bond acceptors (Lipinski definition) is 9. The zero-order chi connectivity index (χ0) is 10.7. The number of rotatable bonds is 0. The molecule has 0 aliphatic carbocycles. The molecule has 0 radical (unpaired) electrons. The Bertz CT molecular complexity index is 123. The Morgan fingerprint density at radius 1 is 0.600 bits per heavy atom. The van der Waals surface area contributed by atoms with Crippen LogP contribution in [0.2, 0.25) is 0 Å². The third-order valence-corrected chi connectivity index (χ3v) is 0. The Morgan fingerprint density at radius 3 is 0.600 bits per heavy atom. The van der Waals surface area contributed by atoms with Gasteiger partial charge >= 0.3 is 93.2 Å². The van der Waals surface area contributed by atoms with Crippen LogP contribution in [-0.2, 0) is 61.4 Å². The molecule has 15 heteroatoms. The topological polar surface area (TPSA) is 190 Å². The Balaban J connectivity index is -0.0000000184. The van der Waals surface area contributed by atoms with Gasteiger partial charge in [0.25, 0.3) is 0 Å². The van der Waals surface area contributed by atoms with Crippen molar-refractivity contribution in [1.82, 2.24) is 0 Å². The second-order valence-corrected chi connectivity index (χ2v) is 1.84. The quantitative estimate of drug-likeness (QED) is 0.202. The molecule has 0 aromatic rings. The van der Waals surface area contributed by atoms with Crippen LogP contribution in [0.25, 0.3) is 0 Å². The molecular formula is H4BaCdO9S3Se. The molecule has 9 nitrogen and oxygen atoms in total. The maximum atomic E-state index is 8.44. The molecule has 0 bridgehead atoms.